The number of fused-ring (bicyclic) bond motifs is 1. The van der Waals surface area contributed by atoms with Gasteiger partial charge in [0.2, 0.25) is 5.88 Å². The highest BCUT2D eigenvalue weighted by Crippen LogP contribution is 2.33. The van der Waals surface area contributed by atoms with E-state index in [9.17, 15) is 4.79 Å². The normalized spacial score (nSPS) is 15.1. The highest BCUT2D eigenvalue weighted by atomic mass is 16.5. The van der Waals surface area contributed by atoms with Crippen LogP contribution < -0.4 is 10.1 Å². The van der Waals surface area contributed by atoms with Gasteiger partial charge in [0.15, 0.2) is 0 Å². The van der Waals surface area contributed by atoms with Crippen molar-refractivity contribution in [2.45, 2.75) is 19.4 Å². The van der Waals surface area contributed by atoms with Crippen molar-refractivity contribution in [3.63, 3.8) is 0 Å². The molecule has 5 nitrogen and oxygen atoms in total. The first kappa shape index (κ1) is 15.3. The molecule has 0 aliphatic carbocycles. The topological polar surface area (TPSA) is 54.5 Å². The highest BCUT2D eigenvalue weighted by Gasteiger charge is 2.26. The Labute approximate surface area is 136 Å². The number of hydrogen-bond donors (Lipinski definition) is 1. The first-order valence-corrected chi connectivity index (χ1v) is 7.60. The summed E-state index contributed by atoms with van der Waals surface area (Å²) >= 11 is 0. The number of carbonyl (C=O) groups excluding carboxylic acids is 1. The number of nitrogens with zero attached hydrogens (tertiary/aromatic N) is 2. The lowest BCUT2D eigenvalue weighted by Gasteiger charge is -2.33. The Hall–Kier alpha value is -2.56. The molecule has 1 aliphatic heterocycles. The number of rotatable bonds is 2. The van der Waals surface area contributed by atoms with E-state index < -0.39 is 0 Å². The smallest absolute Gasteiger partial charge is 0.253 e. The van der Waals surface area contributed by atoms with Gasteiger partial charge in [0, 0.05) is 25.2 Å². The number of pyridine rings is 1. The Bertz CT molecular complexity index is 754. The summed E-state index contributed by atoms with van der Waals surface area (Å²) in [5.74, 6) is 0.579. The van der Waals surface area contributed by atoms with Crippen LogP contribution in [0.25, 0.3) is 11.3 Å². The average Bonchev–Trinajstić information content (AvgIpc) is 2.53. The molecule has 1 N–H and O–H groups in total. The van der Waals surface area contributed by atoms with Gasteiger partial charge in [0.25, 0.3) is 5.91 Å². The van der Waals surface area contributed by atoms with Crippen LogP contribution in [-0.4, -0.2) is 42.0 Å². The summed E-state index contributed by atoms with van der Waals surface area (Å²) in [4.78, 5) is 18.3. The summed E-state index contributed by atoms with van der Waals surface area (Å²) in [7, 11) is 3.49. The third kappa shape index (κ3) is 3.13. The standard InChI is InChI=1S/C18H21N3O2/c1-18(2)11-23-16-15(20-18)9-8-14(19-16)12-6-5-7-13(10-12)17(22)21(3)4/h5-10,20H,11H2,1-4H3. The Morgan fingerprint density at radius 2 is 2.04 bits per heavy atom. The van der Waals surface area contributed by atoms with Crippen LogP contribution in [0.5, 0.6) is 5.88 Å². The number of amides is 1. The predicted octanol–water partition coefficient (Wildman–Crippen LogP) is 3.03. The van der Waals surface area contributed by atoms with Crippen LogP contribution in [0, 0.1) is 0 Å². The molecule has 0 fully saturated rings. The zero-order valence-electron chi connectivity index (χ0n) is 13.9. The minimum Gasteiger partial charge on any atom is -0.474 e. The second-order valence-electron chi connectivity index (χ2n) is 6.63. The summed E-state index contributed by atoms with van der Waals surface area (Å²) in [6, 6.07) is 11.4. The van der Waals surface area contributed by atoms with E-state index in [0.29, 0.717) is 18.1 Å². The molecule has 2 aromatic rings. The second kappa shape index (κ2) is 5.57. The van der Waals surface area contributed by atoms with Crippen LogP contribution in [0.2, 0.25) is 0 Å². The van der Waals surface area contributed by atoms with Gasteiger partial charge in [-0.15, -0.1) is 0 Å². The third-order valence-corrected chi connectivity index (χ3v) is 3.71. The summed E-state index contributed by atoms with van der Waals surface area (Å²) in [5, 5.41) is 3.41. The molecule has 1 aromatic heterocycles. The summed E-state index contributed by atoms with van der Waals surface area (Å²) in [6.07, 6.45) is 0. The van der Waals surface area contributed by atoms with E-state index in [0.717, 1.165) is 16.9 Å². The van der Waals surface area contributed by atoms with Gasteiger partial charge in [-0.05, 0) is 38.1 Å². The van der Waals surface area contributed by atoms with E-state index in [1.165, 1.54) is 0 Å². The quantitative estimate of drug-likeness (QED) is 0.926. The molecule has 2 heterocycles. The largest absolute Gasteiger partial charge is 0.474 e. The maximum absolute atomic E-state index is 12.1. The number of ether oxygens (including phenoxy) is 1. The summed E-state index contributed by atoms with van der Waals surface area (Å²) in [5.41, 5.74) is 3.12. The van der Waals surface area contributed by atoms with Crippen molar-refractivity contribution in [3.05, 3.63) is 42.0 Å². The summed E-state index contributed by atoms with van der Waals surface area (Å²) < 4.78 is 5.77. The molecule has 0 atom stereocenters. The molecule has 1 aliphatic rings. The molecule has 0 spiro atoms. The number of nitrogens with one attached hydrogen (secondary N) is 1. The lowest BCUT2D eigenvalue weighted by Crippen LogP contribution is -2.41. The van der Waals surface area contributed by atoms with E-state index >= 15 is 0 Å². The Balaban J connectivity index is 1.94. The molecule has 0 bridgehead atoms. The van der Waals surface area contributed by atoms with E-state index in [2.05, 4.69) is 24.1 Å². The second-order valence-corrected chi connectivity index (χ2v) is 6.63. The Morgan fingerprint density at radius 3 is 2.78 bits per heavy atom. The van der Waals surface area contributed by atoms with E-state index in [1.54, 1.807) is 19.0 Å². The van der Waals surface area contributed by atoms with Crippen LogP contribution >= 0.6 is 0 Å². The fourth-order valence-corrected chi connectivity index (χ4v) is 2.53. The first-order chi connectivity index (χ1) is 10.9. The number of anilines is 1. The third-order valence-electron chi connectivity index (χ3n) is 3.71. The van der Waals surface area contributed by atoms with E-state index in [-0.39, 0.29) is 11.4 Å². The molecule has 1 aromatic carbocycles. The maximum Gasteiger partial charge on any atom is 0.253 e. The van der Waals surface area contributed by atoms with Crippen LogP contribution in [0.15, 0.2) is 36.4 Å². The molecule has 0 saturated carbocycles. The van der Waals surface area contributed by atoms with Crippen molar-refractivity contribution in [1.29, 1.82) is 0 Å². The number of aromatic nitrogens is 1. The minimum atomic E-state index is -0.103. The molecule has 1 amide bonds. The average molecular weight is 311 g/mol. The van der Waals surface area contributed by atoms with Crippen LogP contribution in [0.1, 0.15) is 24.2 Å². The Morgan fingerprint density at radius 1 is 1.26 bits per heavy atom. The Kier molecular flexibility index (Phi) is 3.72. The molecule has 0 radical (unpaired) electrons. The number of carbonyl (C=O) groups is 1. The molecular formula is C18H21N3O2. The zero-order valence-corrected chi connectivity index (χ0v) is 13.9. The van der Waals surface area contributed by atoms with Crippen molar-refractivity contribution < 1.29 is 9.53 Å². The molecule has 120 valence electrons. The van der Waals surface area contributed by atoms with Gasteiger partial charge in [-0.1, -0.05) is 12.1 Å². The van der Waals surface area contributed by atoms with Crippen LogP contribution in [0.3, 0.4) is 0 Å². The van der Waals surface area contributed by atoms with E-state index in [4.69, 9.17) is 4.74 Å². The van der Waals surface area contributed by atoms with Crippen LogP contribution in [-0.2, 0) is 0 Å². The van der Waals surface area contributed by atoms with Gasteiger partial charge in [-0.2, -0.15) is 0 Å². The zero-order chi connectivity index (χ0) is 16.6. The van der Waals surface area contributed by atoms with Gasteiger partial charge in [0.1, 0.15) is 6.61 Å². The first-order valence-electron chi connectivity index (χ1n) is 7.60. The van der Waals surface area contributed by atoms with Gasteiger partial charge in [0.05, 0.1) is 16.9 Å². The van der Waals surface area contributed by atoms with E-state index in [1.807, 2.05) is 36.4 Å². The highest BCUT2D eigenvalue weighted by molar-refractivity contribution is 5.95. The number of benzene rings is 1. The number of hydrogen-bond acceptors (Lipinski definition) is 4. The van der Waals surface area contributed by atoms with Crippen molar-refractivity contribution >= 4 is 11.6 Å². The lowest BCUT2D eigenvalue weighted by atomic mass is 10.0. The fraction of sp³-hybridized carbons (Fsp3) is 0.333. The molecule has 5 heteroatoms. The fourth-order valence-electron chi connectivity index (χ4n) is 2.53. The molecule has 23 heavy (non-hydrogen) atoms. The maximum atomic E-state index is 12.1. The molecular weight excluding hydrogens is 290 g/mol. The van der Waals surface area contributed by atoms with Crippen molar-refractivity contribution in [2.75, 3.05) is 26.0 Å². The molecule has 0 unspecified atom stereocenters. The van der Waals surface area contributed by atoms with Crippen molar-refractivity contribution in [3.8, 4) is 17.1 Å². The predicted molar refractivity (Wildman–Crippen MR) is 90.9 cm³/mol. The lowest BCUT2D eigenvalue weighted by molar-refractivity contribution is 0.0827. The van der Waals surface area contributed by atoms with Crippen molar-refractivity contribution in [2.24, 2.45) is 0 Å². The van der Waals surface area contributed by atoms with Gasteiger partial charge in [-0.25, -0.2) is 4.98 Å². The summed E-state index contributed by atoms with van der Waals surface area (Å²) in [6.45, 7) is 4.73. The monoisotopic (exact) mass is 311 g/mol. The van der Waals surface area contributed by atoms with Gasteiger partial charge in [-0.3, -0.25) is 4.79 Å². The van der Waals surface area contributed by atoms with Crippen LogP contribution in [0.4, 0.5) is 5.69 Å². The van der Waals surface area contributed by atoms with Gasteiger partial charge < -0.3 is 15.0 Å². The minimum absolute atomic E-state index is 0.0236. The molecule has 0 saturated heterocycles. The van der Waals surface area contributed by atoms with Crippen molar-refractivity contribution in [1.82, 2.24) is 9.88 Å². The van der Waals surface area contributed by atoms with Gasteiger partial charge >= 0.3 is 0 Å². The SMILES string of the molecule is CN(C)C(=O)c1cccc(-c2ccc3c(n2)OCC(C)(C)N3)c1. The molecule has 3 rings (SSSR count).